The summed E-state index contributed by atoms with van der Waals surface area (Å²) in [6.45, 7) is 2.53. The third kappa shape index (κ3) is 4.52. The molecule has 16 heavy (non-hydrogen) atoms. The molecule has 96 valence electrons. The highest BCUT2D eigenvalue weighted by Crippen LogP contribution is 2.18. The molecule has 0 aromatic rings. The van der Waals surface area contributed by atoms with E-state index in [1.807, 2.05) is 0 Å². The van der Waals surface area contributed by atoms with Crippen LogP contribution >= 0.6 is 0 Å². The fourth-order valence-corrected chi connectivity index (χ4v) is 1.08. The van der Waals surface area contributed by atoms with Crippen molar-refractivity contribution in [3.8, 4) is 0 Å². The SMILES string of the molecule is CC(C)=O.OC[C@H]1O[C@H](O)[C@H](O)[C@@H](O)[C@@H]1O. The molecule has 0 aromatic carbocycles. The first-order chi connectivity index (χ1) is 7.31. The lowest BCUT2D eigenvalue weighted by Crippen LogP contribution is -2.58. The molecule has 5 atom stereocenters. The van der Waals surface area contributed by atoms with Gasteiger partial charge in [0.2, 0.25) is 0 Å². The standard InChI is InChI=1S/C6H12O6.C3H6O/c7-1-2-3(8)4(9)5(10)6(11)12-2;1-3(2)4/h2-11H,1H2;1-2H3/t2-,3-,4+,5-,6+;/m1./s1. The Labute approximate surface area is 92.9 Å². The van der Waals surface area contributed by atoms with Crippen LogP contribution in [-0.4, -0.2) is 68.6 Å². The van der Waals surface area contributed by atoms with Gasteiger partial charge < -0.3 is 35.1 Å². The van der Waals surface area contributed by atoms with Crippen molar-refractivity contribution in [1.29, 1.82) is 0 Å². The molecule has 7 heteroatoms. The highest BCUT2D eigenvalue weighted by atomic mass is 16.6. The second-order valence-electron chi connectivity index (χ2n) is 3.63. The van der Waals surface area contributed by atoms with E-state index in [9.17, 15) is 4.79 Å². The summed E-state index contributed by atoms with van der Waals surface area (Å²) in [7, 11) is 0. The number of carbonyl (C=O) groups excluding carboxylic acids is 1. The Morgan fingerprint density at radius 3 is 1.88 bits per heavy atom. The molecule has 0 aromatic heterocycles. The number of Topliss-reactive ketones (excluding diaryl/α,β-unsaturated/α-hetero) is 1. The zero-order valence-electron chi connectivity index (χ0n) is 9.15. The minimum Gasteiger partial charge on any atom is -0.394 e. The van der Waals surface area contributed by atoms with Crippen LogP contribution < -0.4 is 0 Å². The van der Waals surface area contributed by atoms with Gasteiger partial charge in [-0.05, 0) is 13.8 Å². The number of rotatable bonds is 1. The molecular formula is C9H18O7. The molecule has 7 nitrogen and oxygen atoms in total. The molecule has 0 radical (unpaired) electrons. The summed E-state index contributed by atoms with van der Waals surface area (Å²) < 4.78 is 4.58. The second-order valence-corrected chi connectivity index (χ2v) is 3.63. The highest BCUT2D eigenvalue weighted by Gasteiger charge is 2.42. The van der Waals surface area contributed by atoms with E-state index in [-0.39, 0.29) is 5.78 Å². The Bertz CT molecular complexity index is 211. The lowest BCUT2D eigenvalue weighted by Gasteiger charge is -2.37. The fourth-order valence-electron chi connectivity index (χ4n) is 1.08. The van der Waals surface area contributed by atoms with E-state index in [1.165, 1.54) is 13.8 Å². The van der Waals surface area contributed by atoms with Crippen molar-refractivity contribution in [2.75, 3.05) is 6.61 Å². The normalized spacial score (nSPS) is 38.6. The first kappa shape index (κ1) is 15.4. The number of hydrogen-bond acceptors (Lipinski definition) is 7. The molecule has 1 aliphatic rings. The topological polar surface area (TPSA) is 127 Å². The van der Waals surface area contributed by atoms with Crippen LogP contribution in [0.5, 0.6) is 0 Å². The van der Waals surface area contributed by atoms with E-state index in [1.54, 1.807) is 0 Å². The molecule has 1 fully saturated rings. The smallest absolute Gasteiger partial charge is 0.184 e. The van der Waals surface area contributed by atoms with Crippen LogP contribution in [0, 0.1) is 0 Å². The van der Waals surface area contributed by atoms with Gasteiger partial charge in [-0.1, -0.05) is 0 Å². The minimum absolute atomic E-state index is 0.167. The van der Waals surface area contributed by atoms with Crippen LogP contribution in [0.25, 0.3) is 0 Å². The molecule has 0 bridgehead atoms. The van der Waals surface area contributed by atoms with Crippen molar-refractivity contribution in [3.63, 3.8) is 0 Å². The fraction of sp³-hybridized carbons (Fsp3) is 0.889. The number of ether oxygens (including phenoxy) is 1. The molecule has 1 saturated heterocycles. The summed E-state index contributed by atoms with van der Waals surface area (Å²) in [5.74, 6) is 0.167. The zero-order chi connectivity index (χ0) is 12.9. The van der Waals surface area contributed by atoms with Crippen molar-refractivity contribution in [1.82, 2.24) is 0 Å². The average Bonchev–Trinajstić information content (AvgIpc) is 2.19. The van der Waals surface area contributed by atoms with Gasteiger partial charge >= 0.3 is 0 Å². The number of carbonyl (C=O) groups is 1. The van der Waals surface area contributed by atoms with Crippen molar-refractivity contribution in [2.24, 2.45) is 0 Å². The van der Waals surface area contributed by atoms with Gasteiger partial charge in [-0.3, -0.25) is 0 Å². The van der Waals surface area contributed by atoms with Gasteiger partial charge in [0.25, 0.3) is 0 Å². The molecule has 0 aliphatic carbocycles. The maximum Gasteiger partial charge on any atom is 0.184 e. The maximum absolute atomic E-state index is 9.44. The van der Waals surface area contributed by atoms with Crippen LogP contribution in [0.3, 0.4) is 0 Å². The van der Waals surface area contributed by atoms with Crippen molar-refractivity contribution >= 4 is 5.78 Å². The first-order valence-corrected chi connectivity index (χ1v) is 4.77. The zero-order valence-corrected chi connectivity index (χ0v) is 9.15. The summed E-state index contributed by atoms with van der Waals surface area (Å²) in [5.41, 5.74) is 0. The van der Waals surface area contributed by atoms with Crippen LogP contribution in [0.4, 0.5) is 0 Å². The van der Waals surface area contributed by atoms with E-state index in [0.717, 1.165) is 0 Å². The Kier molecular flexibility index (Phi) is 6.65. The predicted octanol–water partition coefficient (Wildman–Crippen LogP) is -2.63. The van der Waals surface area contributed by atoms with Crippen LogP contribution in [0.1, 0.15) is 13.8 Å². The molecule has 0 saturated carbocycles. The largest absolute Gasteiger partial charge is 0.394 e. The van der Waals surface area contributed by atoms with Crippen molar-refractivity contribution < 1.29 is 35.1 Å². The molecule has 0 spiro atoms. The Morgan fingerprint density at radius 2 is 1.50 bits per heavy atom. The Hall–Kier alpha value is -0.570. The average molecular weight is 238 g/mol. The van der Waals surface area contributed by atoms with Gasteiger partial charge in [0, 0.05) is 0 Å². The minimum atomic E-state index is -1.57. The maximum atomic E-state index is 9.44. The molecule has 1 heterocycles. The number of hydrogen-bond donors (Lipinski definition) is 5. The molecule has 0 unspecified atom stereocenters. The third-order valence-corrected chi connectivity index (χ3v) is 1.87. The molecule has 1 aliphatic heterocycles. The first-order valence-electron chi connectivity index (χ1n) is 4.77. The van der Waals surface area contributed by atoms with E-state index >= 15 is 0 Å². The van der Waals surface area contributed by atoms with Gasteiger partial charge in [0.1, 0.15) is 30.2 Å². The number of aliphatic hydroxyl groups excluding tert-OH is 5. The quantitative estimate of drug-likeness (QED) is 0.338. The highest BCUT2D eigenvalue weighted by molar-refractivity contribution is 5.72. The predicted molar refractivity (Wildman–Crippen MR) is 52.3 cm³/mol. The van der Waals surface area contributed by atoms with Gasteiger partial charge in [-0.25, -0.2) is 0 Å². The number of aliphatic hydroxyl groups is 5. The summed E-state index contributed by atoms with van der Waals surface area (Å²) in [6, 6.07) is 0. The third-order valence-electron chi connectivity index (χ3n) is 1.87. The summed E-state index contributed by atoms with van der Waals surface area (Å²) >= 11 is 0. The van der Waals surface area contributed by atoms with Crippen molar-refractivity contribution in [3.05, 3.63) is 0 Å². The second kappa shape index (κ2) is 6.89. The van der Waals surface area contributed by atoms with E-state index in [0.29, 0.717) is 0 Å². The van der Waals surface area contributed by atoms with Gasteiger partial charge in [-0.15, -0.1) is 0 Å². The lowest BCUT2D eigenvalue weighted by atomic mass is 10.00. The summed E-state index contributed by atoms with van der Waals surface area (Å²) in [4.78, 5) is 9.44. The van der Waals surface area contributed by atoms with Crippen molar-refractivity contribution in [2.45, 2.75) is 44.6 Å². The lowest BCUT2D eigenvalue weighted by molar-refractivity contribution is -0.286. The van der Waals surface area contributed by atoms with Gasteiger partial charge in [-0.2, -0.15) is 0 Å². The van der Waals surface area contributed by atoms with E-state index in [4.69, 9.17) is 25.5 Å². The summed E-state index contributed by atoms with van der Waals surface area (Å²) in [5, 5.41) is 44.7. The van der Waals surface area contributed by atoms with E-state index in [2.05, 4.69) is 4.74 Å². The van der Waals surface area contributed by atoms with E-state index < -0.39 is 37.3 Å². The Morgan fingerprint density at radius 1 is 1.06 bits per heavy atom. The summed E-state index contributed by atoms with van der Waals surface area (Å²) in [6.07, 6.45) is -7.04. The van der Waals surface area contributed by atoms with Crippen LogP contribution in [-0.2, 0) is 9.53 Å². The number of ketones is 1. The molecule has 5 N–H and O–H groups in total. The molecule has 1 rings (SSSR count). The molecular weight excluding hydrogens is 220 g/mol. The van der Waals surface area contributed by atoms with Crippen LogP contribution in [0.15, 0.2) is 0 Å². The molecule has 0 amide bonds. The van der Waals surface area contributed by atoms with Crippen LogP contribution in [0.2, 0.25) is 0 Å². The van der Waals surface area contributed by atoms with Gasteiger partial charge in [0.15, 0.2) is 6.29 Å². The Balaban J connectivity index is 0.000000487. The monoisotopic (exact) mass is 238 g/mol. The van der Waals surface area contributed by atoms with Gasteiger partial charge in [0.05, 0.1) is 6.61 Å².